The summed E-state index contributed by atoms with van der Waals surface area (Å²) in [6.07, 6.45) is 6.13. The molecule has 19 heavy (non-hydrogen) atoms. The van der Waals surface area contributed by atoms with Crippen molar-refractivity contribution in [1.82, 2.24) is 19.7 Å². The van der Waals surface area contributed by atoms with Crippen LogP contribution in [0.4, 0.5) is 5.69 Å². The lowest BCUT2D eigenvalue weighted by molar-refractivity contribution is 0.102. The van der Waals surface area contributed by atoms with Crippen LogP contribution in [0.15, 0.2) is 43.1 Å². The Morgan fingerprint density at radius 2 is 2.00 bits per heavy atom. The summed E-state index contributed by atoms with van der Waals surface area (Å²) in [7, 11) is 1.86. The number of aryl methyl sites for hydroxylation is 1. The van der Waals surface area contributed by atoms with E-state index in [-0.39, 0.29) is 5.91 Å². The molecule has 0 fully saturated rings. The first-order valence-electron chi connectivity index (χ1n) is 5.72. The number of aromatic nitrogens is 4. The molecular formula is C13H11N5O. The Balaban J connectivity index is 1.89. The second kappa shape index (κ2) is 4.49. The van der Waals surface area contributed by atoms with E-state index in [1.807, 2.05) is 25.2 Å². The average molecular weight is 253 g/mol. The van der Waals surface area contributed by atoms with Crippen LogP contribution in [-0.2, 0) is 7.05 Å². The molecule has 0 unspecified atom stereocenters. The molecule has 2 heterocycles. The van der Waals surface area contributed by atoms with Gasteiger partial charge in [0.1, 0.15) is 6.33 Å². The largest absolute Gasteiger partial charge is 0.322 e. The molecule has 6 heteroatoms. The molecule has 0 aliphatic carbocycles. The van der Waals surface area contributed by atoms with E-state index < -0.39 is 0 Å². The average Bonchev–Trinajstić information content (AvgIpc) is 2.81. The minimum atomic E-state index is -0.234. The number of benzene rings is 1. The fraction of sp³-hybridized carbons (Fsp3) is 0.0769. The van der Waals surface area contributed by atoms with Gasteiger partial charge >= 0.3 is 0 Å². The summed E-state index contributed by atoms with van der Waals surface area (Å²) in [5.74, 6) is -0.234. The van der Waals surface area contributed by atoms with Crippen LogP contribution in [0.25, 0.3) is 10.9 Å². The number of carbonyl (C=O) groups is 1. The highest BCUT2D eigenvalue weighted by molar-refractivity contribution is 6.04. The van der Waals surface area contributed by atoms with Crippen molar-refractivity contribution in [2.75, 3.05) is 5.32 Å². The van der Waals surface area contributed by atoms with Crippen molar-refractivity contribution >= 4 is 22.5 Å². The van der Waals surface area contributed by atoms with Crippen LogP contribution in [0, 0.1) is 0 Å². The normalized spacial score (nSPS) is 10.6. The highest BCUT2D eigenvalue weighted by Gasteiger charge is 2.07. The van der Waals surface area contributed by atoms with E-state index in [0.29, 0.717) is 11.3 Å². The smallest absolute Gasteiger partial charge is 0.258 e. The summed E-state index contributed by atoms with van der Waals surface area (Å²) in [4.78, 5) is 19.6. The van der Waals surface area contributed by atoms with Gasteiger partial charge in [0.15, 0.2) is 0 Å². The first-order valence-corrected chi connectivity index (χ1v) is 5.72. The van der Waals surface area contributed by atoms with Crippen molar-refractivity contribution in [1.29, 1.82) is 0 Å². The molecule has 0 aliphatic heterocycles. The van der Waals surface area contributed by atoms with Gasteiger partial charge in [-0.1, -0.05) is 0 Å². The first-order chi connectivity index (χ1) is 9.24. The van der Waals surface area contributed by atoms with Gasteiger partial charge in [-0.2, -0.15) is 5.10 Å². The summed E-state index contributed by atoms with van der Waals surface area (Å²) >= 11 is 0. The minimum absolute atomic E-state index is 0.234. The van der Waals surface area contributed by atoms with Crippen LogP contribution >= 0.6 is 0 Å². The van der Waals surface area contributed by atoms with Crippen molar-refractivity contribution in [2.24, 2.45) is 7.05 Å². The van der Waals surface area contributed by atoms with E-state index in [0.717, 1.165) is 10.9 Å². The van der Waals surface area contributed by atoms with Crippen molar-refractivity contribution in [3.63, 3.8) is 0 Å². The predicted molar refractivity (Wildman–Crippen MR) is 70.7 cm³/mol. The number of fused-ring (bicyclic) bond motifs is 1. The Kier molecular flexibility index (Phi) is 2.68. The Hall–Kier alpha value is -2.76. The van der Waals surface area contributed by atoms with Crippen molar-refractivity contribution in [3.05, 3.63) is 48.7 Å². The lowest BCUT2D eigenvalue weighted by Gasteiger charge is -2.05. The number of anilines is 1. The fourth-order valence-corrected chi connectivity index (χ4v) is 1.84. The fourth-order valence-electron chi connectivity index (χ4n) is 1.84. The molecule has 3 rings (SSSR count). The second-order valence-corrected chi connectivity index (χ2v) is 4.12. The van der Waals surface area contributed by atoms with Gasteiger partial charge in [0, 0.05) is 30.5 Å². The lowest BCUT2D eigenvalue weighted by Crippen LogP contribution is -2.12. The Morgan fingerprint density at radius 1 is 1.21 bits per heavy atom. The van der Waals surface area contributed by atoms with Gasteiger partial charge in [0.2, 0.25) is 0 Å². The molecule has 2 aromatic heterocycles. The molecule has 0 aliphatic rings. The number of nitrogens with one attached hydrogen (secondary N) is 1. The van der Waals surface area contributed by atoms with Crippen molar-refractivity contribution < 1.29 is 4.79 Å². The number of rotatable bonds is 2. The SMILES string of the molecule is Cn1ncc2ccc(NC(=O)c3cncnc3)cc21. The molecule has 94 valence electrons. The third-order valence-corrected chi connectivity index (χ3v) is 2.83. The molecule has 1 amide bonds. The maximum Gasteiger partial charge on any atom is 0.258 e. The van der Waals surface area contributed by atoms with Crippen molar-refractivity contribution in [3.8, 4) is 0 Å². The molecular weight excluding hydrogens is 242 g/mol. The summed E-state index contributed by atoms with van der Waals surface area (Å²) < 4.78 is 1.76. The molecule has 0 bridgehead atoms. The van der Waals surface area contributed by atoms with Gasteiger partial charge in [0.25, 0.3) is 5.91 Å². The van der Waals surface area contributed by atoms with Gasteiger partial charge in [0.05, 0.1) is 17.3 Å². The molecule has 1 aromatic carbocycles. The van der Waals surface area contributed by atoms with Gasteiger partial charge in [-0.05, 0) is 18.2 Å². The highest BCUT2D eigenvalue weighted by Crippen LogP contribution is 2.18. The summed E-state index contributed by atoms with van der Waals surface area (Å²) in [6, 6.07) is 5.63. The van der Waals surface area contributed by atoms with E-state index in [9.17, 15) is 4.79 Å². The van der Waals surface area contributed by atoms with E-state index in [2.05, 4.69) is 20.4 Å². The number of nitrogens with zero attached hydrogens (tertiary/aromatic N) is 4. The van der Waals surface area contributed by atoms with E-state index in [4.69, 9.17) is 0 Å². The topological polar surface area (TPSA) is 72.7 Å². The third-order valence-electron chi connectivity index (χ3n) is 2.83. The second-order valence-electron chi connectivity index (χ2n) is 4.12. The monoisotopic (exact) mass is 253 g/mol. The Labute approximate surface area is 109 Å². The number of hydrogen-bond acceptors (Lipinski definition) is 4. The predicted octanol–water partition coefficient (Wildman–Crippen LogP) is 1.62. The molecule has 0 saturated heterocycles. The minimum Gasteiger partial charge on any atom is -0.322 e. The zero-order valence-corrected chi connectivity index (χ0v) is 10.2. The zero-order valence-electron chi connectivity index (χ0n) is 10.2. The van der Waals surface area contributed by atoms with Crippen LogP contribution in [-0.4, -0.2) is 25.7 Å². The maximum atomic E-state index is 12.0. The van der Waals surface area contributed by atoms with Gasteiger partial charge in [-0.3, -0.25) is 9.48 Å². The summed E-state index contributed by atoms with van der Waals surface area (Å²) in [5.41, 5.74) is 2.10. The standard InChI is InChI=1S/C13H11N5O/c1-18-12-4-11(3-2-9(12)7-16-18)17-13(19)10-5-14-8-15-6-10/h2-8H,1H3,(H,17,19). The Morgan fingerprint density at radius 3 is 2.79 bits per heavy atom. The quantitative estimate of drug-likeness (QED) is 0.753. The summed E-state index contributed by atoms with van der Waals surface area (Å²) in [5, 5.41) is 8.00. The van der Waals surface area contributed by atoms with Gasteiger partial charge in [-0.15, -0.1) is 0 Å². The van der Waals surface area contributed by atoms with Crippen LogP contribution in [0.3, 0.4) is 0 Å². The molecule has 0 saturated carbocycles. The first kappa shape index (κ1) is 11.3. The zero-order chi connectivity index (χ0) is 13.2. The number of hydrogen-bond donors (Lipinski definition) is 1. The van der Waals surface area contributed by atoms with Crippen LogP contribution in [0.1, 0.15) is 10.4 Å². The van der Waals surface area contributed by atoms with Crippen molar-refractivity contribution in [2.45, 2.75) is 0 Å². The highest BCUT2D eigenvalue weighted by atomic mass is 16.1. The van der Waals surface area contributed by atoms with E-state index in [1.165, 1.54) is 18.7 Å². The maximum absolute atomic E-state index is 12.0. The number of carbonyl (C=O) groups excluding carboxylic acids is 1. The third kappa shape index (κ3) is 2.15. The van der Waals surface area contributed by atoms with E-state index >= 15 is 0 Å². The molecule has 0 radical (unpaired) electrons. The molecule has 6 nitrogen and oxygen atoms in total. The van der Waals surface area contributed by atoms with Gasteiger partial charge in [-0.25, -0.2) is 9.97 Å². The molecule has 3 aromatic rings. The Bertz CT molecular complexity index is 735. The molecule has 1 N–H and O–H groups in total. The summed E-state index contributed by atoms with van der Waals surface area (Å²) in [6.45, 7) is 0. The van der Waals surface area contributed by atoms with Crippen LogP contribution < -0.4 is 5.32 Å². The number of amides is 1. The van der Waals surface area contributed by atoms with Gasteiger partial charge < -0.3 is 5.32 Å². The lowest BCUT2D eigenvalue weighted by atomic mass is 10.2. The van der Waals surface area contributed by atoms with E-state index in [1.54, 1.807) is 10.9 Å². The molecule has 0 atom stereocenters. The van der Waals surface area contributed by atoms with Crippen LogP contribution in [0.5, 0.6) is 0 Å². The van der Waals surface area contributed by atoms with Crippen LogP contribution in [0.2, 0.25) is 0 Å². The molecule has 0 spiro atoms.